The zero-order valence-corrected chi connectivity index (χ0v) is 13.1. The van der Waals surface area contributed by atoms with Crippen LogP contribution in [0.15, 0.2) is 42.2 Å². The van der Waals surface area contributed by atoms with Gasteiger partial charge in [-0.3, -0.25) is 19.6 Å². The highest BCUT2D eigenvalue weighted by atomic mass is 16.1. The molecule has 114 valence electrons. The summed E-state index contributed by atoms with van der Waals surface area (Å²) in [6.45, 7) is 3.42. The van der Waals surface area contributed by atoms with Gasteiger partial charge in [0, 0.05) is 36.2 Å². The Bertz CT molecular complexity index is 898. The van der Waals surface area contributed by atoms with Crippen LogP contribution in [0.5, 0.6) is 0 Å². The molecule has 0 N–H and O–H groups in total. The van der Waals surface area contributed by atoms with Crippen molar-refractivity contribution in [3.05, 3.63) is 53.5 Å². The number of carbonyl (C=O) groups excluding carboxylic acids is 2. The lowest BCUT2D eigenvalue weighted by Gasteiger charge is -2.37. The minimum absolute atomic E-state index is 0.0687. The maximum Gasteiger partial charge on any atom is 0.160 e. The Hall–Kier alpha value is -2.62. The molecule has 1 unspecified atom stereocenters. The fraction of sp³-hybridized carbons (Fsp3) is 0.263. The second-order valence-electron chi connectivity index (χ2n) is 6.36. The van der Waals surface area contributed by atoms with Gasteiger partial charge in [0.2, 0.25) is 0 Å². The first-order valence-electron chi connectivity index (χ1n) is 7.70. The van der Waals surface area contributed by atoms with Crippen molar-refractivity contribution < 1.29 is 9.59 Å². The van der Waals surface area contributed by atoms with Gasteiger partial charge in [0.25, 0.3) is 0 Å². The summed E-state index contributed by atoms with van der Waals surface area (Å²) in [5.74, 6) is 0.161. The molecule has 4 rings (SSSR count). The maximum absolute atomic E-state index is 12.5. The van der Waals surface area contributed by atoms with Crippen LogP contribution in [-0.4, -0.2) is 21.5 Å². The molecule has 1 atom stereocenters. The van der Waals surface area contributed by atoms with Gasteiger partial charge in [-0.1, -0.05) is 6.07 Å². The molecule has 23 heavy (non-hydrogen) atoms. The number of hydrogen-bond acceptors (Lipinski definition) is 4. The molecule has 0 bridgehead atoms. The molecule has 2 aliphatic carbocycles. The summed E-state index contributed by atoms with van der Waals surface area (Å²) in [6, 6.07) is 7.72. The molecule has 2 heterocycles. The minimum Gasteiger partial charge on any atom is -0.300 e. The standard InChI is InChI=1S/C19H16N2O2/c1-11(22)9-19-10-15(23)12(2)16(19)18-13(5-3-7-21-18)17-14(19)6-4-8-20-17/h3-8H,9-10H2,1-2H3. The first kappa shape index (κ1) is 14.0. The molecular formula is C19H16N2O2. The van der Waals surface area contributed by atoms with Crippen LogP contribution < -0.4 is 0 Å². The molecule has 0 aromatic carbocycles. The van der Waals surface area contributed by atoms with Crippen LogP contribution in [0.25, 0.3) is 16.8 Å². The highest BCUT2D eigenvalue weighted by Crippen LogP contribution is 2.57. The van der Waals surface area contributed by atoms with Crippen molar-refractivity contribution in [1.82, 2.24) is 9.97 Å². The molecule has 2 aromatic rings. The van der Waals surface area contributed by atoms with E-state index >= 15 is 0 Å². The van der Waals surface area contributed by atoms with Crippen molar-refractivity contribution in [2.24, 2.45) is 0 Å². The number of pyridine rings is 2. The number of carbonyl (C=O) groups is 2. The average molecular weight is 304 g/mol. The third-order valence-electron chi connectivity index (χ3n) is 4.91. The third-order valence-corrected chi connectivity index (χ3v) is 4.91. The van der Waals surface area contributed by atoms with Crippen LogP contribution in [0.3, 0.4) is 0 Å². The molecular weight excluding hydrogens is 288 g/mol. The van der Waals surface area contributed by atoms with Crippen LogP contribution in [-0.2, 0) is 15.0 Å². The van der Waals surface area contributed by atoms with E-state index < -0.39 is 5.41 Å². The zero-order valence-electron chi connectivity index (χ0n) is 13.1. The quantitative estimate of drug-likeness (QED) is 0.855. The zero-order chi connectivity index (χ0) is 16.2. The van der Waals surface area contributed by atoms with Crippen molar-refractivity contribution in [3.63, 3.8) is 0 Å². The van der Waals surface area contributed by atoms with Gasteiger partial charge in [-0.05, 0) is 48.8 Å². The second-order valence-corrected chi connectivity index (χ2v) is 6.36. The summed E-state index contributed by atoms with van der Waals surface area (Å²) in [6.07, 6.45) is 4.10. The van der Waals surface area contributed by atoms with Gasteiger partial charge < -0.3 is 0 Å². The molecule has 2 aromatic heterocycles. The Labute approximate surface area is 134 Å². The Morgan fingerprint density at radius 2 is 1.87 bits per heavy atom. The Balaban J connectivity index is 2.14. The van der Waals surface area contributed by atoms with Gasteiger partial charge in [-0.25, -0.2) is 0 Å². The van der Waals surface area contributed by atoms with E-state index in [1.165, 1.54) is 0 Å². The number of aromatic nitrogens is 2. The number of Topliss-reactive ketones (excluding diaryl/α,β-unsaturated/α-hetero) is 2. The molecule has 0 saturated heterocycles. The van der Waals surface area contributed by atoms with E-state index in [4.69, 9.17) is 0 Å². The smallest absolute Gasteiger partial charge is 0.160 e. The second kappa shape index (κ2) is 4.69. The molecule has 0 fully saturated rings. The topological polar surface area (TPSA) is 59.9 Å². The van der Waals surface area contributed by atoms with Gasteiger partial charge in [0.05, 0.1) is 11.4 Å². The predicted molar refractivity (Wildman–Crippen MR) is 86.7 cm³/mol. The van der Waals surface area contributed by atoms with Crippen LogP contribution in [0, 0.1) is 0 Å². The Kier molecular flexibility index (Phi) is 2.85. The largest absolute Gasteiger partial charge is 0.300 e. The maximum atomic E-state index is 12.5. The number of nitrogens with zero attached hydrogens (tertiary/aromatic N) is 2. The van der Waals surface area contributed by atoms with Gasteiger partial charge in [-0.15, -0.1) is 0 Å². The van der Waals surface area contributed by atoms with Crippen molar-refractivity contribution in [3.8, 4) is 11.3 Å². The summed E-state index contributed by atoms with van der Waals surface area (Å²) in [5, 5.41) is 0. The highest BCUT2D eigenvalue weighted by Gasteiger charge is 2.51. The lowest BCUT2D eigenvalue weighted by molar-refractivity contribution is -0.118. The van der Waals surface area contributed by atoms with Gasteiger partial charge in [0.15, 0.2) is 5.78 Å². The molecule has 4 heteroatoms. The number of ketones is 2. The first-order valence-corrected chi connectivity index (χ1v) is 7.70. The summed E-state index contributed by atoms with van der Waals surface area (Å²) in [7, 11) is 0. The van der Waals surface area contributed by atoms with Crippen LogP contribution in [0.1, 0.15) is 37.9 Å². The van der Waals surface area contributed by atoms with E-state index in [-0.39, 0.29) is 11.6 Å². The Morgan fingerprint density at radius 1 is 1.17 bits per heavy atom. The lowest BCUT2D eigenvalue weighted by atomic mass is 9.65. The SMILES string of the molecule is CC(=O)CC12CC(=O)C(C)=C1c1ncccc1-c1ncccc12. The molecule has 0 amide bonds. The monoisotopic (exact) mass is 304 g/mol. The molecule has 2 aliphatic rings. The summed E-state index contributed by atoms with van der Waals surface area (Å²) in [4.78, 5) is 33.6. The van der Waals surface area contributed by atoms with Gasteiger partial charge in [0.1, 0.15) is 5.78 Å². The number of allylic oxidation sites excluding steroid dienone is 2. The summed E-state index contributed by atoms with van der Waals surface area (Å²) < 4.78 is 0. The molecule has 4 nitrogen and oxygen atoms in total. The van der Waals surface area contributed by atoms with Crippen LogP contribution >= 0.6 is 0 Å². The highest BCUT2D eigenvalue weighted by molar-refractivity contribution is 6.14. The predicted octanol–water partition coefficient (Wildman–Crippen LogP) is 3.12. The van der Waals surface area contributed by atoms with Crippen molar-refractivity contribution >= 4 is 17.1 Å². The fourth-order valence-electron chi connectivity index (χ4n) is 4.10. The van der Waals surface area contributed by atoms with Crippen LogP contribution in [0.4, 0.5) is 0 Å². The fourth-order valence-corrected chi connectivity index (χ4v) is 4.10. The number of rotatable bonds is 2. The third kappa shape index (κ3) is 1.78. The van der Waals surface area contributed by atoms with E-state index in [1.54, 1.807) is 19.3 Å². The number of hydrogen-bond donors (Lipinski definition) is 0. The molecule has 0 radical (unpaired) electrons. The van der Waals surface area contributed by atoms with E-state index in [9.17, 15) is 9.59 Å². The first-order chi connectivity index (χ1) is 11.0. The minimum atomic E-state index is -0.613. The summed E-state index contributed by atoms with van der Waals surface area (Å²) >= 11 is 0. The van der Waals surface area contributed by atoms with Gasteiger partial charge in [-0.2, -0.15) is 0 Å². The van der Waals surface area contributed by atoms with E-state index in [1.807, 2.05) is 31.2 Å². The van der Waals surface area contributed by atoms with Crippen molar-refractivity contribution in [1.29, 1.82) is 0 Å². The van der Waals surface area contributed by atoms with E-state index in [2.05, 4.69) is 9.97 Å². The normalized spacial score (nSPS) is 21.7. The molecule has 0 aliphatic heterocycles. The van der Waals surface area contributed by atoms with Crippen molar-refractivity contribution in [2.45, 2.75) is 32.1 Å². The van der Waals surface area contributed by atoms with Crippen molar-refractivity contribution in [2.75, 3.05) is 0 Å². The number of fused-ring (bicyclic) bond motifs is 6. The Morgan fingerprint density at radius 3 is 2.61 bits per heavy atom. The molecule has 0 saturated carbocycles. The van der Waals surface area contributed by atoms with E-state index in [0.29, 0.717) is 12.8 Å². The lowest BCUT2D eigenvalue weighted by Crippen LogP contribution is -2.32. The molecule has 0 spiro atoms. The average Bonchev–Trinajstić information content (AvgIpc) is 2.79. The van der Waals surface area contributed by atoms with E-state index in [0.717, 1.165) is 33.7 Å². The summed E-state index contributed by atoms with van der Waals surface area (Å²) in [5.41, 5.74) is 4.56. The van der Waals surface area contributed by atoms with Crippen LogP contribution in [0.2, 0.25) is 0 Å². The van der Waals surface area contributed by atoms with Gasteiger partial charge >= 0.3 is 0 Å².